The third-order valence-electron chi connectivity index (χ3n) is 3.26. The summed E-state index contributed by atoms with van der Waals surface area (Å²) in [6, 6.07) is 5.66. The minimum Gasteiger partial charge on any atom is -0.453 e. The number of methoxy groups -OCH3 is 2. The van der Waals surface area contributed by atoms with E-state index in [4.69, 9.17) is 0 Å². The van der Waals surface area contributed by atoms with Crippen molar-refractivity contribution in [2.75, 3.05) is 24.9 Å². The number of fused-ring (bicyclic) bond motifs is 1. The molecule has 0 fully saturated rings. The van der Waals surface area contributed by atoms with Gasteiger partial charge < -0.3 is 9.47 Å². The van der Waals surface area contributed by atoms with Crippen LogP contribution in [0.4, 0.5) is 21.0 Å². The zero-order valence-corrected chi connectivity index (χ0v) is 19.3. The average Bonchev–Trinajstić information content (AvgIpc) is 2.61. The number of halogens is 3. The van der Waals surface area contributed by atoms with Crippen molar-refractivity contribution < 1.29 is 27.5 Å². The highest BCUT2D eigenvalue weighted by molar-refractivity contribution is 9.42. The quantitative estimate of drug-likeness (QED) is 0.515. The molecule has 0 radical (unpaired) electrons. The molecular formula is C14H12Br3N3O6S. The first kappa shape index (κ1) is 21.9. The average molecular weight is 590 g/mol. The number of carbonyl (C=O) groups excluding carboxylic acids is 2. The normalized spacial score (nSPS) is 11.7. The van der Waals surface area contributed by atoms with Crippen LogP contribution < -0.4 is 10.6 Å². The third kappa shape index (κ3) is 4.70. The number of rotatable bonds is 3. The smallest absolute Gasteiger partial charge is 0.411 e. The van der Waals surface area contributed by atoms with Gasteiger partial charge in [-0.05, 0) is 72.1 Å². The molecule has 0 saturated carbocycles. The molecule has 27 heavy (non-hydrogen) atoms. The first-order valence-electron chi connectivity index (χ1n) is 6.96. The summed E-state index contributed by atoms with van der Waals surface area (Å²) in [6.45, 7) is 0. The second-order valence-corrected chi connectivity index (χ2v) is 15.3. The van der Waals surface area contributed by atoms with Gasteiger partial charge in [-0.2, -0.15) is 0 Å². The molecule has 146 valence electrons. The summed E-state index contributed by atoms with van der Waals surface area (Å²) in [6.07, 6.45) is -1.49. The predicted octanol–water partition coefficient (Wildman–Crippen LogP) is 4.16. The Morgan fingerprint density at radius 1 is 0.963 bits per heavy atom. The van der Waals surface area contributed by atoms with E-state index < -0.39 is 23.5 Å². The summed E-state index contributed by atoms with van der Waals surface area (Å²) < 4.78 is 32.7. The van der Waals surface area contributed by atoms with Crippen LogP contribution >= 0.6 is 47.8 Å². The number of benzene rings is 1. The fourth-order valence-corrected chi connectivity index (χ4v) is 4.19. The summed E-state index contributed by atoms with van der Waals surface area (Å²) >= 11 is 8.91. The van der Waals surface area contributed by atoms with E-state index >= 15 is 0 Å². The molecule has 0 aliphatic heterocycles. The Morgan fingerprint density at radius 3 is 2.00 bits per heavy atom. The van der Waals surface area contributed by atoms with Gasteiger partial charge in [-0.15, -0.1) is 0 Å². The van der Waals surface area contributed by atoms with Crippen LogP contribution in [0.25, 0.3) is 10.9 Å². The zero-order chi connectivity index (χ0) is 20.4. The van der Waals surface area contributed by atoms with Crippen molar-refractivity contribution in [2.45, 2.75) is 6.50 Å². The van der Waals surface area contributed by atoms with E-state index in [-0.39, 0.29) is 16.2 Å². The van der Waals surface area contributed by atoms with Crippen molar-refractivity contribution in [3.63, 3.8) is 0 Å². The Hall–Kier alpha value is -1.44. The molecule has 0 aliphatic carbocycles. The van der Waals surface area contributed by atoms with Crippen molar-refractivity contribution in [1.29, 1.82) is 0 Å². The van der Waals surface area contributed by atoms with Gasteiger partial charge in [0.15, 0.2) is 5.03 Å². The molecule has 0 aliphatic rings. The molecule has 0 bridgehead atoms. The molecule has 9 nitrogen and oxygen atoms in total. The number of hydrogen-bond donors (Lipinski definition) is 2. The second kappa shape index (κ2) is 8.29. The number of aromatic nitrogens is 1. The van der Waals surface area contributed by atoms with E-state index in [0.29, 0.717) is 11.1 Å². The lowest BCUT2D eigenvalue weighted by Crippen LogP contribution is -2.19. The van der Waals surface area contributed by atoms with Gasteiger partial charge in [-0.1, -0.05) is 0 Å². The van der Waals surface area contributed by atoms with Crippen molar-refractivity contribution in [2.24, 2.45) is 0 Å². The highest BCUT2D eigenvalue weighted by Gasteiger charge is 2.38. The van der Waals surface area contributed by atoms with Crippen LogP contribution in [0.1, 0.15) is 0 Å². The van der Waals surface area contributed by atoms with E-state index in [1.54, 1.807) is 0 Å². The summed E-state index contributed by atoms with van der Waals surface area (Å²) in [5.74, 6) is 0. The number of pyridine rings is 1. The molecule has 1 aromatic heterocycles. The second-order valence-electron chi connectivity index (χ2n) is 4.89. The van der Waals surface area contributed by atoms with Gasteiger partial charge in [0.2, 0.25) is 11.3 Å². The highest BCUT2D eigenvalue weighted by atomic mass is 80.0. The maximum Gasteiger partial charge on any atom is 0.411 e. The van der Waals surface area contributed by atoms with Gasteiger partial charge in [0.1, 0.15) is 0 Å². The molecule has 0 saturated heterocycles. The number of nitrogens with one attached hydrogen (secondary N) is 2. The van der Waals surface area contributed by atoms with Crippen LogP contribution in [0.3, 0.4) is 0 Å². The number of ether oxygens (including phenoxy) is 2. The van der Waals surface area contributed by atoms with Crippen molar-refractivity contribution in [3.05, 3.63) is 24.3 Å². The molecular weight excluding hydrogens is 578 g/mol. The maximum absolute atomic E-state index is 12.6. The molecule has 13 heteroatoms. The van der Waals surface area contributed by atoms with Gasteiger partial charge in [0.05, 0.1) is 31.1 Å². The Bertz CT molecular complexity index is 1010. The zero-order valence-electron chi connectivity index (χ0n) is 13.7. The van der Waals surface area contributed by atoms with Crippen LogP contribution in [-0.2, 0) is 19.3 Å². The van der Waals surface area contributed by atoms with Crippen molar-refractivity contribution in [3.8, 4) is 0 Å². The lowest BCUT2D eigenvalue weighted by atomic mass is 10.1. The molecule has 0 atom stereocenters. The molecule has 2 aromatic rings. The van der Waals surface area contributed by atoms with Gasteiger partial charge in [-0.25, -0.2) is 23.0 Å². The summed E-state index contributed by atoms with van der Waals surface area (Å²) in [5.41, 5.74) is 0.618. The van der Waals surface area contributed by atoms with E-state index in [0.717, 1.165) is 0 Å². The Kier molecular flexibility index (Phi) is 6.71. The van der Waals surface area contributed by atoms with E-state index in [1.165, 1.54) is 38.5 Å². The van der Waals surface area contributed by atoms with E-state index in [1.807, 2.05) is 0 Å². The molecule has 2 N–H and O–H groups in total. The van der Waals surface area contributed by atoms with Gasteiger partial charge in [0.25, 0.3) is 0 Å². The number of nitrogens with zero attached hydrogens (tertiary/aromatic N) is 1. The van der Waals surface area contributed by atoms with E-state index in [2.05, 4.69) is 72.9 Å². The lowest BCUT2D eigenvalue weighted by molar-refractivity contribution is 0.186. The largest absolute Gasteiger partial charge is 0.453 e. The Labute approximate surface area is 179 Å². The first-order valence-corrected chi connectivity index (χ1v) is 10.8. The molecule has 1 heterocycles. The van der Waals surface area contributed by atoms with Crippen LogP contribution in [0.15, 0.2) is 29.3 Å². The lowest BCUT2D eigenvalue weighted by Gasteiger charge is -2.15. The number of carbonyl (C=O) groups is 2. The molecule has 0 unspecified atom stereocenters. The monoisotopic (exact) mass is 587 g/mol. The van der Waals surface area contributed by atoms with E-state index in [9.17, 15) is 18.0 Å². The molecule has 2 rings (SSSR count). The topological polar surface area (TPSA) is 124 Å². The van der Waals surface area contributed by atoms with Gasteiger partial charge in [0, 0.05) is 5.39 Å². The third-order valence-corrected chi connectivity index (χ3v) is 8.48. The van der Waals surface area contributed by atoms with Crippen molar-refractivity contribution in [1.82, 2.24) is 4.98 Å². The number of alkyl halides is 3. The highest BCUT2D eigenvalue weighted by Crippen LogP contribution is 2.43. The molecule has 2 amide bonds. The summed E-state index contributed by atoms with van der Waals surface area (Å²) in [7, 11) is -1.59. The predicted molar refractivity (Wildman–Crippen MR) is 110 cm³/mol. The standard InChI is InChI=1S/C14H12Br3N3O6S/c1-25-12(21)18-8-4-5-9(19-13(22)26-2)11-7(8)3-6-10(20-11)27(23,24)14(15,16)17/h3-6H,1-2H3,(H,18,21)(H,19,22). The van der Waals surface area contributed by atoms with Gasteiger partial charge >= 0.3 is 12.2 Å². The van der Waals surface area contributed by atoms with Crippen LogP contribution in [0.2, 0.25) is 0 Å². The van der Waals surface area contributed by atoms with Crippen LogP contribution in [0.5, 0.6) is 0 Å². The fraction of sp³-hybridized carbons (Fsp3) is 0.214. The number of hydrogen-bond acceptors (Lipinski definition) is 7. The van der Waals surface area contributed by atoms with Crippen LogP contribution in [0, 0.1) is 0 Å². The molecule has 1 aromatic carbocycles. The SMILES string of the molecule is COC(=O)Nc1ccc(NC(=O)OC)c2nc(S(=O)(=O)C(Br)(Br)Br)ccc12. The number of anilines is 2. The molecule has 0 spiro atoms. The minimum absolute atomic E-state index is 0.118. The van der Waals surface area contributed by atoms with Gasteiger partial charge in [-0.3, -0.25) is 10.6 Å². The number of sulfone groups is 1. The first-order chi connectivity index (χ1) is 12.5. The Balaban J connectivity index is 2.72. The fourth-order valence-electron chi connectivity index (χ4n) is 2.00. The number of amides is 2. The maximum atomic E-state index is 12.6. The summed E-state index contributed by atoms with van der Waals surface area (Å²) in [4.78, 5) is 27.3. The van der Waals surface area contributed by atoms with Crippen LogP contribution in [-0.4, -0.2) is 41.3 Å². The van der Waals surface area contributed by atoms with Crippen molar-refractivity contribution >= 4 is 92.1 Å². The Morgan fingerprint density at radius 2 is 1.48 bits per heavy atom. The summed E-state index contributed by atoms with van der Waals surface area (Å²) in [5, 5.41) is 5.03. The minimum atomic E-state index is -3.98.